The number of methoxy groups -OCH3 is 2. The van der Waals surface area contributed by atoms with E-state index in [-0.39, 0.29) is 12.3 Å². The van der Waals surface area contributed by atoms with Gasteiger partial charge in [0, 0.05) is 12.1 Å². The molecule has 0 saturated carbocycles. The van der Waals surface area contributed by atoms with Gasteiger partial charge < -0.3 is 19.5 Å². The Morgan fingerprint density at radius 3 is 2.00 bits per heavy atom. The topological polar surface area (TPSA) is 73.9 Å². The Morgan fingerprint density at radius 2 is 1.46 bits per heavy atom. The fourth-order valence-corrected chi connectivity index (χ4v) is 2.27. The number of esters is 1. The molecule has 1 atom stereocenters. The minimum absolute atomic E-state index is 0.201. The van der Waals surface area contributed by atoms with Crippen LogP contribution in [-0.2, 0) is 20.7 Å². The molecule has 1 N–H and O–H groups in total. The first-order valence-electron chi connectivity index (χ1n) is 8.29. The lowest BCUT2D eigenvalue weighted by atomic mass is 10.1. The van der Waals surface area contributed by atoms with Crippen molar-refractivity contribution in [3.05, 3.63) is 54.1 Å². The number of rotatable bonds is 8. The van der Waals surface area contributed by atoms with E-state index in [0.717, 1.165) is 11.3 Å². The van der Waals surface area contributed by atoms with Crippen molar-refractivity contribution in [1.29, 1.82) is 0 Å². The molecule has 2 rings (SSSR count). The molecule has 2 aromatic carbocycles. The van der Waals surface area contributed by atoms with Crippen LogP contribution in [0.15, 0.2) is 48.5 Å². The van der Waals surface area contributed by atoms with E-state index in [4.69, 9.17) is 14.2 Å². The van der Waals surface area contributed by atoms with Crippen molar-refractivity contribution in [3.8, 4) is 11.5 Å². The highest BCUT2D eigenvalue weighted by Crippen LogP contribution is 2.16. The van der Waals surface area contributed by atoms with Gasteiger partial charge in [-0.05, 0) is 55.3 Å². The summed E-state index contributed by atoms with van der Waals surface area (Å²) in [7, 11) is 3.17. The third-order valence-electron chi connectivity index (χ3n) is 3.81. The number of amides is 1. The SMILES string of the molecule is COc1ccc(CCC(=O)O[C@H](C)C(=O)Nc2ccc(OC)cc2)cc1. The van der Waals surface area contributed by atoms with Crippen LogP contribution in [-0.4, -0.2) is 32.2 Å². The summed E-state index contributed by atoms with van der Waals surface area (Å²) in [5.41, 5.74) is 1.61. The first-order chi connectivity index (χ1) is 12.5. The van der Waals surface area contributed by atoms with Gasteiger partial charge in [-0.25, -0.2) is 0 Å². The molecule has 1 amide bonds. The fourth-order valence-electron chi connectivity index (χ4n) is 2.27. The van der Waals surface area contributed by atoms with Gasteiger partial charge in [-0.2, -0.15) is 0 Å². The molecule has 0 spiro atoms. The zero-order valence-electron chi connectivity index (χ0n) is 15.2. The summed E-state index contributed by atoms with van der Waals surface area (Å²) in [4.78, 5) is 24.1. The molecule has 0 aromatic heterocycles. The molecule has 6 heteroatoms. The highest BCUT2D eigenvalue weighted by molar-refractivity contribution is 5.95. The smallest absolute Gasteiger partial charge is 0.306 e. The Kier molecular flexibility index (Phi) is 7.02. The lowest BCUT2D eigenvalue weighted by molar-refractivity contribution is -0.153. The monoisotopic (exact) mass is 357 g/mol. The van der Waals surface area contributed by atoms with Crippen molar-refractivity contribution in [2.24, 2.45) is 0 Å². The van der Waals surface area contributed by atoms with E-state index in [9.17, 15) is 9.59 Å². The van der Waals surface area contributed by atoms with Crippen LogP contribution in [0.5, 0.6) is 11.5 Å². The molecule has 0 heterocycles. The summed E-state index contributed by atoms with van der Waals surface area (Å²) < 4.78 is 15.3. The molecule has 0 aliphatic heterocycles. The molecule has 0 unspecified atom stereocenters. The van der Waals surface area contributed by atoms with Gasteiger partial charge in [-0.1, -0.05) is 12.1 Å². The lowest BCUT2D eigenvalue weighted by Crippen LogP contribution is -2.30. The molecule has 0 aliphatic rings. The Morgan fingerprint density at radius 1 is 0.923 bits per heavy atom. The third-order valence-corrected chi connectivity index (χ3v) is 3.81. The Balaban J connectivity index is 1.78. The summed E-state index contributed by atoms with van der Waals surface area (Å²) >= 11 is 0. The molecule has 0 aliphatic carbocycles. The number of carbonyl (C=O) groups is 2. The zero-order valence-corrected chi connectivity index (χ0v) is 15.2. The molecule has 138 valence electrons. The minimum Gasteiger partial charge on any atom is -0.497 e. The van der Waals surface area contributed by atoms with Crippen molar-refractivity contribution in [1.82, 2.24) is 0 Å². The number of carbonyl (C=O) groups excluding carboxylic acids is 2. The number of aryl methyl sites for hydroxylation is 1. The van der Waals surface area contributed by atoms with Gasteiger partial charge in [0.1, 0.15) is 11.5 Å². The molecular formula is C20H23NO5. The number of nitrogens with one attached hydrogen (secondary N) is 1. The maximum absolute atomic E-state index is 12.1. The first-order valence-corrected chi connectivity index (χ1v) is 8.29. The molecule has 0 bridgehead atoms. The van der Waals surface area contributed by atoms with Crippen LogP contribution >= 0.6 is 0 Å². The summed E-state index contributed by atoms with van der Waals surface area (Å²) in [5.74, 6) is 0.660. The molecule has 26 heavy (non-hydrogen) atoms. The average Bonchev–Trinajstić information content (AvgIpc) is 2.67. The van der Waals surface area contributed by atoms with Gasteiger partial charge in [-0.3, -0.25) is 9.59 Å². The zero-order chi connectivity index (χ0) is 18.9. The van der Waals surface area contributed by atoms with Gasteiger partial charge in [-0.15, -0.1) is 0 Å². The maximum Gasteiger partial charge on any atom is 0.306 e. The van der Waals surface area contributed by atoms with Crippen molar-refractivity contribution < 1.29 is 23.8 Å². The van der Waals surface area contributed by atoms with Crippen LogP contribution in [0.2, 0.25) is 0 Å². The van der Waals surface area contributed by atoms with E-state index >= 15 is 0 Å². The number of hydrogen-bond donors (Lipinski definition) is 1. The molecule has 0 radical (unpaired) electrons. The quantitative estimate of drug-likeness (QED) is 0.735. The van der Waals surface area contributed by atoms with Crippen molar-refractivity contribution >= 4 is 17.6 Å². The van der Waals surface area contributed by atoms with Crippen molar-refractivity contribution in [2.45, 2.75) is 25.9 Å². The summed E-state index contributed by atoms with van der Waals surface area (Å²) in [6, 6.07) is 14.4. The summed E-state index contributed by atoms with van der Waals surface area (Å²) in [6.07, 6.45) is -0.136. The number of ether oxygens (including phenoxy) is 3. The molecular weight excluding hydrogens is 334 g/mol. The predicted octanol–water partition coefficient (Wildman–Crippen LogP) is 3.21. The van der Waals surface area contributed by atoms with Crippen LogP contribution in [0.1, 0.15) is 18.9 Å². The van der Waals surface area contributed by atoms with Crippen LogP contribution < -0.4 is 14.8 Å². The summed E-state index contributed by atoms with van der Waals surface area (Å²) in [6.45, 7) is 1.55. The van der Waals surface area contributed by atoms with Gasteiger partial charge in [0.25, 0.3) is 5.91 Å². The average molecular weight is 357 g/mol. The van der Waals surface area contributed by atoms with Gasteiger partial charge in [0.05, 0.1) is 14.2 Å². The van der Waals surface area contributed by atoms with E-state index < -0.39 is 12.1 Å². The lowest BCUT2D eigenvalue weighted by Gasteiger charge is -2.14. The normalized spacial score (nSPS) is 11.3. The molecule has 0 fully saturated rings. The van der Waals surface area contributed by atoms with Crippen LogP contribution in [0.3, 0.4) is 0 Å². The van der Waals surface area contributed by atoms with Crippen molar-refractivity contribution in [3.63, 3.8) is 0 Å². The van der Waals surface area contributed by atoms with E-state index in [2.05, 4.69) is 5.32 Å². The largest absolute Gasteiger partial charge is 0.497 e. The predicted molar refractivity (Wildman–Crippen MR) is 98.5 cm³/mol. The van der Waals surface area contributed by atoms with Gasteiger partial charge in [0.2, 0.25) is 0 Å². The molecule has 0 saturated heterocycles. The van der Waals surface area contributed by atoms with Gasteiger partial charge >= 0.3 is 5.97 Å². The van der Waals surface area contributed by atoms with Crippen LogP contribution in [0.25, 0.3) is 0 Å². The number of benzene rings is 2. The second-order valence-corrected chi connectivity index (χ2v) is 5.70. The van der Waals surface area contributed by atoms with Gasteiger partial charge in [0.15, 0.2) is 6.10 Å². The molecule has 2 aromatic rings. The summed E-state index contributed by atoms with van der Waals surface area (Å²) in [5, 5.41) is 2.70. The van der Waals surface area contributed by atoms with E-state index in [1.165, 1.54) is 0 Å². The minimum atomic E-state index is -0.875. The first kappa shape index (κ1) is 19.3. The van der Waals surface area contributed by atoms with Crippen LogP contribution in [0.4, 0.5) is 5.69 Å². The van der Waals surface area contributed by atoms with E-state index in [1.807, 2.05) is 24.3 Å². The van der Waals surface area contributed by atoms with Crippen LogP contribution in [0, 0.1) is 0 Å². The highest BCUT2D eigenvalue weighted by atomic mass is 16.5. The Hall–Kier alpha value is -3.02. The Bertz CT molecular complexity index is 725. The fraction of sp³-hybridized carbons (Fsp3) is 0.300. The molecule has 6 nitrogen and oxygen atoms in total. The highest BCUT2D eigenvalue weighted by Gasteiger charge is 2.18. The second kappa shape index (κ2) is 9.46. The standard InChI is InChI=1S/C20H23NO5/c1-14(20(23)21-16-7-11-18(25-3)12-8-16)26-19(22)13-6-15-4-9-17(24-2)10-5-15/h4-5,7-12,14H,6,13H2,1-3H3,(H,21,23)/t14-/m1/s1. The van der Waals surface area contributed by atoms with Crippen molar-refractivity contribution in [2.75, 3.05) is 19.5 Å². The van der Waals surface area contributed by atoms with E-state index in [0.29, 0.717) is 17.9 Å². The Labute approximate surface area is 153 Å². The number of anilines is 1. The second-order valence-electron chi connectivity index (χ2n) is 5.70. The number of hydrogen-bond acceptors (Lipinski definition) is 5. The van der Waals surface area contributed by atoms with E-state index in [1.54, 1.807) is 45.4 Å². The third kappa shape index (κ3) is 5.81. The maximum atomic E-state index is 12.1.